The first kappa shape index (κ1) is 18.7. The van der Waals surface area contributed by atoms with Gasteiger partial charge < -0.3 is 10.4 Å². The molecule has 0 saturated heterocycles. The van der Waals surface area contributed by atoms with E-state index in [1.807, 2.05) is 60.7 Å². The molecule has 138 valence electrons. The highest BCUT2D eigenvalue weighted by Gasteiger charge is 2.24. The van der Waals surface area contributed by atoms with Crippen LogP contribution in [0.3, 0.4) is 0 Å². The average Bonchev–Trinajstić information content (AvgIpc) is 2.65. The third-order valence-corrected chi connectivity index (χ3v) is 4.82. The van der Waals surface area contributed by atoms with E-state index < -0.39 is 0 Å². The van der Waals surface area contributed by atoms with Gasteiger partial charge in [-0.05, 0) is 34.2 Å². The maximum absolute atomic E-state index is 11.1. The first-order chi connectivity index (χ1) is 12.9. The number of carbonyl (C=O) groups is 1. The molecule has 0 heterocycles. The third-order valence-electron chi connectivity index (χ3n) is 4.82. The minimum absolute atomic E-state index is 0.0374. The normalized spacial score (nSPS) is 12.4. The van der Waals surface area contributed by atoms with Gasteiger partial charge in [0, 0.05) is 17.2 Å². The molecule has 1 amide bonds. The van der Waals surface area contributed by atoms with Gasteiger partial charge in [0.05, 0.1) is 0 Å². The first-order valence-electron chi connectivity index (χ1n) is 9.09. The molecule has 3 heteroatoms. The van der Waals surface area contributed by atoms with Gasteiger partial charge in [0.15, 0.2) is 0 Å². The van der Waals surface area contributed by atoms with Crippen molar-refractivity contribution in [1.29, 1.82) is 0 Å². The number of carbonyl (C=O) groups excluding carboxylic acids is 1. The van der Waals surface area contributed by atoms with Gasteiger partial charge in [0.25, 0.3) is 0 Å². The number of para-hydroxylation sites is 1. The van der Waals surface area contributed by atoms with Gasteiger partial charge in [0.2, 0.25) is 6.41 Å². The van der Waals surface area contributed by atoms with Crippen LogP contribution in [0.25, 0.3) is 0 Å². The lowest BCUT2D eigenvalue weighted by Gasteiger charge is -2.25. The Morgan fingerprint density at radius 2 is 1.56 bits per heavy atom. The Kier molecular flexibility index (Phi) is 5.31. The minimum Gasteiger partial charge on any atom is -0.508 e. The number of nitrogens with one attached hydrogen (secondary N) is 1. The fraction of sp³-hybridized carbons (Fsp3) is 0.208. The van der Waals surface area contributed by atoms with Crippen molar-refractivity contribution in [1.82, 2.24) is 0 Å². The Bertz CT molecular complexity index is 927. The summed E-state index contributed by atoms with van der Waals surface area (Å²) >= 11 is 0. The predicted octanol–water partition coefficient (Wildman–Crippen LogP) is 5.44. The van der Waals surface area contributed by atoms with E-state index in [1.54, 1.807) is 6.07 Å². The molecule has 0 fully saturated rings. The second-order valence-corrected chi connectivity index (χ2v) is 7.72. The van der Waals surface area contributed by atoms with Crippen LogP contribution in [0.4, 0.5) is 5.69 Å². The Morgan fingerprint density at radius 3 is 2.22 bits per heavy atom. The number of amides is 1. The zero-order valence-electron chi connectivity index (χ0n) is 15.9. The molecule has 1 unspecified atom stereocenters. The van der Waals surface area contributed by atoms with Gasteiger partial charge >= 0.3 is 0 Å². The molecule has 0 aliphatic carbocycles. The smallest absolute Gasteiger partial charge is 0.211 e. The SMILES string of the molecule is CC(C)(C)c1ccc(O)c(C(c2ccccc2)c2ccccc2NC=O)c1. The lowest BCUT2D eigenvalue weighted by Crippen LogP contribution is -2.13. The van der Waals surface area contributed by atoms with E-state index in [2.05, 4.69) is 32.2 Å². The van der Waals surface area contributed by atoms with Crippen LogP contribution in [-0.4, -0.2) is 11.5 Å². The fourth-order valence-electron chi connectivity index (χ4n) is 3.37. The lowest BCUT2D eigenvalue weighted by atomic mass is 9.80. The number of hydrogen-bond acceptors (Lipinski definition) is 2. The van der Waals surface area contributed by atoms with Crippen molar-refractivity contribution in [3.63, 3.8) is 0 Å². The van der Waals surface area contributed by atoms with Crippen molar-refractivity contribution in [2.75, 3.05) is 5.32 Å². The van der Waals surface area contributed by atoms with Crippen LogP contribution < -0.4 is 5.32 Å². The highest BCUT2D eigenvalue weighted by molar-refractivity contribution is 5.75. The zero-order valence-corrected chi connectivity index (χ0v) is 15.9. The highest BCUT2D eigenvalue weighted by atomic mass is 16.3. The Balaban J connectivity index is 2.26. The van der Waals surface area contributed by atoms with Crippen LogP contribution in [-0.2, 0) is 10.2 Å². The van der Waals surface area contributed by atoms with Crippen molar-refractivity contribution in [2.24, 2.45) is 0 Å². The monoisotopic (exact) mass is 359 g/mol. The number of phenolic OH excluding ortho intramolecular Hbond substituents is 1. The molecule has 27 heavy (non-hydrogen) atoms. The summed E-state index contributed by atoms with van der Waals surface area (Å²) in [6.07, 6.45) is 0.687. The van der Waals surface area contributed by atoms with Crippen molar-refractivity contribution < 1.29 is 9.90 Å². The van der Waals surface area contributed by atoms with E-state index in [9.17, 15) is 9.90 Å². The quantitative estimate of drug-likeness (QED) is 0.471. The molecule has 3 aromatic rings. The predicted molar refractivity (Wildman–Crippen MR) is 110 cm³/mol. The number of rotatable bonds is 5. The third kappa shape index (κ3) is 4.03. The van der Waals surface area contributed by atoms with Gasteiger partial charge in [-0.25, -0.2) is 0 Å². The van der Waals surface area contributed by atoms with Gasteiger partial charge in [-0.2, -0.15) is 0 Å². The van der Waals surface area contributed by atoms with Crippen molar-refractivity contribution >= 4 is 12.1 Å². The standard InChI is InChI=1S/C24H25NO2/c1-24(2,3)18-13-14-22(27)20(15-18)23(17-9-5-4-6-10-17)19-11-7-8-12-21(19)25-16-26/h4-16,23,27H,1-3H3,(H,25,26). The van der Waals surface area contributed by atoms with E-state index in [-0.39, 0.29) is 17.1 Å². The molecule has 0 radical (unpaired) electrons. The molecule has 3 nitrogen and oxygen atoms in total. The Labute approximate surface area is 160 Å². The summed E-state index contributed by atoms with van der Waals surface area (Å²) in [6.45, 7) is 6.47. The van der Waals surface area contributed by atoms with Crippen LogP contribution in [0.1, 0.15) is 48.9 Å². The van der Waals surface area contributed by atoms with E-state index in [1.165, 1.54) is 0 Å². The minimum atomic E-state index is -0.197. The van der Waals surface area contributed by atoms with Crippen LogP contribution in [0, 0.1) is 0 Å². The molecular formula is C24H25NO2. The topological polar surface area (TPSA) is 49.3 Å². The molecule has 1 atom stereocenters. The molecule has 3 aromatic carbocycles. The highest BCUT2D eigenvalue weighted by Crippen LogP contribution is 2.41. The summed E-state index contributed by atoms with van der Waals surface area (Å²) in [5.41, 5.74) is 4.67. The van der Waals surface area contributed by atoms with Crippen LogP contribution >= 0.6 is 0 Å². The van der Waals surface area contributed by atoms with E-state index >= 15 is 0 Å². The number of hydrogen-bond donors (Lipinski definition) is 2. The molecule has 2 N–H and O–H groups in total. The number of benzene rings is 3. The number of aromatic hydroxyl groups is 1. The number of anilines is 1. The molecule has 0 bridgehead atoms. The zero-order chi connectivity index (χ0) is 19.4. The van der Waals surface area contributed by atoms with E-state index in [0.29, 0.717) is 6.41 Å². The van der Waals surface area contributed by atoms with E-state index in [0.717, 1.165) is 27.9 Å². The molecule has 3 rings (SSSR count). The van der Waals surface area contributed by atoms with Crippen LogP contribution in [0.5, 0.6) is 5.75 Å². The second kappa shape index (κ2) is 7.67. The average molecular weight is 359 g/mol. The lowest BCUT2D eigenvalue weighted by molar-refractivity contribution is -0.105. The maximum Gasteiger partial charge on any atom is 0.211 e. The summed E-state index contributed by atoms with van der Waals surface area (Å²) in [5, 5.41) is 13.5. The second-order valence-electron chi connectivity index (χ2n) is 7.72. The van der Waals surface area contributed by atoms with Gasteiger partial charge in [-0.15, -0.1) is 0 Å². The van der Waals surface area contributed by atoms with E-state index in [4.69, 9.17) is 0 Å². The first-order valence-corrected chi connectivity index (χ1v) is 9.09. The summed E-state index contributed by atoms with van der Waals surface area (Å²) in [5.74, 6) is 0.0508. The largest absolute Gasteiger partial charge is 0.508 e. The van der Waals surface area contributed by atoms with Crippen LogP contribution in [0.15, 0.2) is 72.8 Å². The molecule has 0 saturated carbocycles. The number of phenols is 1. The summed E-state index contributed by atoms with van der Waals surface area (Å²) in [4.78, 5) is 11.1. The molecule has 0 aliphatic heterocycles. The molecular weight excluding hydrogens is 334 g/mol. The Hall–Kier alpha value is -3.07. The molecule has 0 aliphatic rings. The summed E-state index contributed by atoms with van der Waals surface area (Å²) in [7, 11) is 0. The molecule has 0 spiro atoms. The summed E-state index contributed by atoms with van der Waals surface area (Å²) < 4.78 is 0. The van der Waals surface area contributed by atoms with Gasteiger partial charge in [-0.3, -0.25) is 4.79 Å². The summed E-state index contributed by atoms with van der Waals surface area (Å²) in [6, 6.07) is 23.6. The fourth-order valence-corrected chi connectivity index (χ4v) is 3.37. The van der Waals surface area contributed by atoms with Crippen molar-refractivity contribution in [3.05, 3.63) is 95.1 Å². The molecule has 0 aromatic heterocycles. The van der Waals surface area contributed by atoms with Crippen LogP contribution in [0.2, 0.25) is 0 Å². The maximum atomic E-state index is 11.1. The van der Waals surface area contributed by atoms with Gasteiger partial charge in [0.1, 0.15) is 5.75 Å². The van der Waals surface area contributed by atoms with Crippen molar-refractivity contribution in [3.8, 4) is 5.75 Å². The van der Waals surface area contributed by atoms with Crippen molar-refractivity contribution in [2.45, 2.75) is 32.1 Å². The Morgan fingerprint density at radius 1 is 0.889 bits per heavy atom. The van der Waals surface area contributed by atoms with Gasteiger partial charge in [-0.1, -0.05) is 81.4 Å².